The molecule has 0 aromatic heterocycles. The van der Waals surface area contributed by atoms with Gasteiger partial charge < -0.3 is 24.1 Å². The number of carboxylic acids is 1. The van der Waals surface area contributed by atoms with Gasteiger partial charge >= 0.3 is 5.97 Å². The molecule has 1 aliphatic heterocycles. The van der Waals surface area contributed by atoms with Crippen molar-refractivity contribution in [3.05, 3.63) is 12.2 Å². The molecule has 0 spiro atoms. The van der Waals surface area contributed by atoms with Crippen LogP contribution in [0.5, 0.6) is 0 Å². The fourth-order valence-electron chi connectivity index (χ4n) is 5.94. The van der Waals surface area contributed by atoms with E-state index in [0.717, 1.165) is 38.5 Å². The average molecular weight is 619 g/mol. The maximum atomic E-state index is 15.7. The topological polar surface area (TPSA) is 85.2 Å². The van der Waals surface area contributed by atoms with Crippen molar-refractivity contribution in [2.45, 2.75) is 173 Å². The molecule has 246 valence electrons. The normalized spacial score (nSPS) is 26.6. The Labute approximate surface area is 255 Å². The number of hydrogen-bond donors (Lipinski definition) is 2. The van der Waals surface area contributed by atoms with E-state index in [1.807, 2.05) is 20.0 Å². The Morgan fingerprint density at radius 2 is 1.83 bits per heavy atom. The molecule has 1 heterocycles. The molecule has 0 aromatic rings. The summed E-state index contributed by atoms with van der Waals surface area (Å²) in [5.41, 5.74) is 0. The first-order valence-electron chi connectivity index (χ1n) is 16.6. The smallest absolute Gasteiger partial charge is 0.303 e. The van der Waals surface area contributed by atoms with E-state index in [0.29, 0.717) is 45.1 Å². The molecule has 9 heteroatoms. The van der Waals surface area contributed by atoms with Gasteiger partial charge in [-0.2, -0.15) is 0 Å². The molecule has 0 amide bonds. The summed E-state index contributed by atoms with van der Waals surface area (Å²) < 4.78 is 50.1. The predicted octanol–water partition coefficient (Wildman–Crippen LogP) is 8.87. The Morgan fingerprint density at radius 1 is 1.10 bits per heavy atom. The Balaban J connectivity index is 2.16. The fraction of sp³-hybridized carbons (Fsp3) is 0.909. The van der Waals surface area contributed by atoms with Crippen molar-refractivity contribution in [1.29, 1.82) is 0 Å². The molecule has 2 N–H and O–H groups in total. The Morgan fingerprint density at radius 3 is 2.45 bits per heavy atom. The Kier molecular flexibility index (Phi) is 15.6. The zero-order valence-electron chi connectivity index (χ0n) is 27.2. The third-order valence-corrected chi connectivity index (χ3v) is 14.1. The van der Waals surface area contributed by atoms with Gasteiger partial charge in [-0.15, -0.1) is 0 Å². The van der Waals surface area contributed by atoms with Crippen LogP contribution in [0.15, 0.2) is 12.2 Å². The van der Waals surface area contributed by atoms with E-state index < -0.39 is 32.4 Å². The second kappa shape index (κ2) is 17.6. The number of aliphatic hydroxyl groups is 1. The van der Waals surface area contributed by atoms with E-state index in [2.05, 4.69) is 32.9 Å². The number of aliphatic carboxylic acids is 1. The molecule has 6 atom stereocenters. The van der Waals surface area contributed by atoms with Crippen LogP contribution in [0.1, 0.15) is 124 Å². The summed E-state index contributed by atoms with van der Waals surface area (Å²) in [5, 5.41) is 19.8. The van der Waals surface area contributed by atoms with Gasteiger partial charge in [-0.05, 0) is 94.2 Å². The number of unbranched alkanes of at least 4 members (excludes halogenated alkanes) is 4. The molecule has 0 bridgehead atoms. The SMILES string of the molecule is CCCCC(F)(F)[C@@H](CC[C@@H]1[C@@H](C/C=C\CCCCCC(=O)O)[C@@H](O)C[C@H]1O[C@H]1CCCCO1)O[Si](C)(C)C(C)(C)C. The van der Waals surface area contributed by atoms with E-state index in [-0.39, 0.29) is 48.5 Å². The van der Waals surface area contributed by atoms with Crippen molar-refractivity contribution in [2.75, 3.05) is 6.61 Å². The molecule has 2 fully saturated rings. The molecular formula is C33H60F2O6Si. The summed E-state index contributed by atoms with van der Waals surface area (Å²) in [6.07, 6.45) is 11.2. The van der Waals surface area contributed by atoms with Crippen LogP contribution in [0.25, 0.3) is 0 Å². The van der Waals surface area contributed by atoms with Gasteiger partial charge in [0.25, 0.3) is 5.92 Å². The minimum Gasteiger partial charge on any atom is -0.481 e. The van der Waals surface area contributed by atoms with Gasteiger partial charge in [0, 0.05) is 25.9 Å². The molecule has 0 aromatic carbocycles. The molecule has 0 radical (unpaired) electrons. The monoisotopic (exact) mass is 618 g/mol. The van der Waals surface area contributed by atoms with Crippen LogP contribution in [0.3, 0.4) is 0 Å². The molecule has 6 nitrogen and oxygen atoms in total. The standard InChI is InChI=1S/C33H60F2O6Si/c1-7-8-22-33(34,35)29(41-42(5,6)32(2,3)4)21-20-26-25(17-13-11-9-10-12-14-18-30(37)38)27(36)24-28(26)40-31-19-15-16-23-39-31/h11,13,25-29,31,36H,7-10,12,14-24H2,1-6H3,(H,37,38)/b13-11-/t25-,26-,27+,28-,29-,31+/m1/s1. The summed E-state index contributed by atoms with van der Waals surface area (Å²) in [4.78, 5) is 10.7. The number of carbonyl (C=O) groups is 1. The van der Waals surface area contributed by atoms with Gasteiger partial charge in [0.15, 0.2) is 14.6 Å². The first-order valence-corrected chi connectivity index (χ1v) is 19.5. The third-order valence-electron chi connectivity index (χ3n) is 9.64. The number of aliphatic hydroxyl groups excluding tert-OH is 1. The van der Waals surface area contributed by atoms with Gasteiger partial charge in [0.1, 0.15) is 6.10 Å². The summed E-state index contributed by atoms with van der Waals surface area (Å²) in [6, 6.07) is 0. The van der Waals surface area contributed by atoms with Crippen LogP contribution in [-0.4, -0.2) is 61.6 Å². The first kappa shape index (κ1) is 37.3. The fourth-order valence-corrected chi connectivity index (χ4v) is 7.30. The van der Waals surface area contributed by atoms with Crippen LogP contribution in [0, 0.1) is 11.8 Å². The van der Waals surface area contributed by atoms with Gasteiger partial charge in [0.2, 0.25) is 0 Å². The Hall–Kier alpha value is -0.873. The second-order valence-electron chi connectivity index (χ2n) is 14.1. The highest BCUT2D eigenvalue weighted by Crippen LogP contribution is 2.45. The quantitative estimate of drug-likeness (QED) is 0.0854. The summed E-state index contributed by atoms with van der Waals surface area (Å²) >= 11 is 0. The van der Waals surface area contributed by atoms with Crippen molar-refractivity contribution in [3.63, 3.8) is 0 Å². The van der Waals surface area contributed by atoms with Crippen molar-refractivity contribution < 1.29 is 37.7 Å². The summed E-state index contributed by atoms with van der Waals surface area (Å²) in [5.74, 6) is -3.83. The predicted molar refractivity (Wildman–Crippen MR) is 166 cm³/mol. The maximum absolute atomic E-state index is 15.7. The number of ether oxygens (including phenoxy) is 2. The minimum atomic E-state index is -2.92. The number of rotatable bonds is 19. The van der Waals surface area contributed by atoms with E-state index in [1.54, 1.807) is 0 Å². The number of carboxylic acid groups (broad SMARTS) is 1. The van der Waals surface area contributed by atoms with Crippen molar-refractivity contribution in [3.8, 4) is 0 Å². The van der Waals surface area contributed by atoms with Crippen molar-refractivity contribution in [2.24, 2.45) is 11.8 Å². The lowest BCUT2D eigenvalue weighted by Gasteiger charge is -2.42. The van der Waals surface area contributed by atoms with Gasteiger partial charge in [-0.3, -0.25) is 4.79 Å². The second-order valence-corrected chi connectivity index (χ2v) is 18.9. The zero-order valence-corrected chi connectivity index (χ0v) is 28.2. The van der Waals surface area contributed by atoms with E-state index in [1.165, 1.54) is 0 Å². The Bertz CT molecular complexity index is 809. The molecule has 1 aliphatic carbocycles. The van der Waals surface area contributed by atoms with Crippen molar-refractivity contribution >= 4 is 14.3 Å². The van der Waals surface area contributed by atoms with Crippen LogP contribution in [0.4, 0.5) is 8.78 Å². The van der Waals surface area contributed by atoms with E-state index >= 15 is 8.78 Å². The van der Waals surface area contributed by atoms with Crippen molar-refractivity contribution in [1.82, 2.24) is 0 Å². The average Bonchev–Trinajstić information content (AvgIpc) is 3.19. The molecule has 42 heavy (non-hydrogen) atoms. The minimum absolute atomic E-state index is 0.0711. The first-order chi connectivity index (χ1) is 19.7. The summed E-state index contributed by atoms with van der Waals surface area (Å²) in [6.45, 7) is 12.9. The van der Waals surface area contributed by atoms with Crippen LogP contribution < -0.4 is 0 Å². The summed E-state index contributed by atoms with van der Waals surface area (Å²) in [7, 11) is -2.45. The molecular weight excluding hydrogens is 558 g/mol. The highest BCUT2D eigenvalue weighted by atomic mass is 28.4. The lowest BCUT2D eigenvalue weighted by Crippen LogP contribution is -2.49. The molecule has 2 aliphatic rings. The van der Waals surface area contributed by atoms with Gasteiger partial charge in [0.05, 0.1) is 12.2 Å². The lowest BCUT2D eigenvalue weighted by atomic mass is 9.85. The number of alkyl halides is 2. The lowest BCUT2D eigenvalue weighted by molar-refractivity contribution is -0.197. The molecule has 0 unspecified atom stereocenters. The largest absolute Gasteiger partial charge is 0.481 e. The van der Waals surface area contributed by atoms with Gasteiger partial charge in [-0.1, -0.05) is 52.7 Å². The molecule has 1 saturated heterocycles. The van der Waals surface area contributed by atoms with Crippen LogP contribution in [0.2, 0.25) is 18.1 Å². The van der Waals surface area contributed by atoms with E-state index in [4.69, 9.17) is 19.0 Å². The van der Waals surface area contributed by atoms with E-state index in [9.17, 15) is 9.90 Å². The number of halogens is 2. The number of allylic oxidation sites excluding steroid dienone is 2. The third kappa shape index (κ3) is 12.3. The van der Waals surface area contributed by atoms with Crippen LogP contribution >= 0.6 is 0 Å². The highest BCUT2D eigenvalue weighted by molar-refractivity contribution is 6.74. The highest BCUT2D eigenvalue weighted by Gasteiger charge is 2.49. The van der Waals surface area contributed by atoms with Crippen LogP contribution in [-0.2, 0) is 18.7 Å². The molecule has 1 saturated carbocycles. The number of hydrogen-bond acceptors (Lipinski definition) is 5. The maximum Gasteiger partial charge on any atom is 0.303 e. The van der Waals surface area contributed by atoms with Gasteiger partial charge in [-0.25, -0.2) is 8.78 Å². The molecule has 2 rings (SSSR count). The zero-order chi connectivity index (χ0) is 31.4.